The van der Waals surface area contributed by atoms with Gasteiger partial charge in [-0.25, -0.2) is 13.2 Å². The zero-order valence-electron chi connectivity index (χ0n) is 12.2. The molecule has 0 N–H and O–H groups in total. The Balaban J connectivity index is 2.28. The minimum absolute atomic E-state index is 0.0499. The van der Waals surface area contributed by atoms with Gasteiger partial charge in [-0.05, 0) is 38.7 Å². The van der Waals surface area contributed by atoms with Gasteiger partial charge in [0.15, 0.2) is 0 Å². The van der Waals surface area contributed by atoms with Crippen LogP contribution in [0.15, 0.2) is 17.2 Å². The van der Waals surface area contributed by atoms with Gasteiger partial charge in [0.05, 0.1) is 6.10 Å². The molecule has 2 rings (SSSR count). The molecule has 1 fully saturated rings. The van der Waals surface area contributed by atoms with E-state index in [1.54, 1.807) is 4.57 Å². The highest BCUT2D eigenvalue weighted by molar-refractivity contribution is 8.13. The zero-order valence-corrected chi connectivity index (χ0v) is 13.8. The van der Waals surface area contributed by atoms with E-state index in [2.05, 4.69) is 0 Å². The van der Waals surface area contributed by atoms with Gasteiger partial charge in [0.2, 0.25) is 0 Å². The Hall–Kier alpha value is -1.01. The van der Waals surface area contributed by atoms with E-state index < -0.39 is 15.0 Å². The SMILES string of the molecule is CCCC(C)OC(=O)c1cc(S(=O)(=O)Cl)cn1C1CCC1. The maximum absolute atomic E-state index is 12.3. The van der Waals surface area contributed by atoms with Crippen molar-refractivity contribution in [2.75, 3.05) is 0 Å². The Kier molecular flexibility index (Phi) is 4.99. The van der Waals surface area contributed by atoms with Crippen LogP contribution in [0.5, 0.6) is 0 Å². The number of carbonyl (C=O) groups is 1. The van der Waals surface area contributed by atoms with Gasteiger partial charge in [0, 0.05) is 22.9 Å². The number of ether oxygens (including phenoxy) is 1. The Labute approximate surface area is 129 Å². The predicted octanol–water partition coefficient (Wildman–Crippen LogP) is 3.49. The monoisotopic (exact) mass is 333 g/mol. The summed E-state index contributed by atoms with van der Waals surface area (Å²) in [5.74, 6) is -0.491. The average Bonchev–Trinajstić information content (AvgIpc) is 2.71. The molecule has 1 aliphatic carbocycles. The molecule has 1 aromatic heterocycles. The molecule has 0 aromatic carbocycles. The Bertz CT molecular complexity index is 619. The van der Waals surface area contributed by atoms with E-state index in [-0.39, 0.29) is 22.7 Å². The number of hydrogen-bond acceptors (Lipinski definition) is 4. The van der Waals surface area contributed by atoms with Gasteiger partial charge < -0.3 is 9.30 Å². The molecule has 1 atom stereocenters. The summed E-state index contributed by atoms with van der Waals surface area (Å²) in [6.07, 6.45) is 5.88. The summed E-state index contributed by atoms with van der Waals surface area (Å²) in [6.45, 7) is 3.84. The third-order valence-electron chi connectivity index (χ3n) is 3.79. The third-order valence-corrected chi connectivity index (χ3v) is 5.11. The zero-order chi connectivity index (χ0) is 15.6. The fraction of sp³-hybridized carbons (Fsp3) is 0.643. The van der Waals surface area contributed by atoms with Crippen molar-refractivity contribution in [2.24, 2.45) is 0 Å². The first-order valence-corrected chi connectivity index (χ1v) is 9.51. The van der Waals surface area contributed by atoms with Crippen molar-refractivity contribution in [3.8, 4) is 0 Å². The van der Waals surface area contributed by atoms with Crippen LogP contribution in [-0.4, -0.2) is 25.1 Å². The van der Waals surface area contributed by atoms with Gasteiger partial charge in [-0.1, -0.05) is 13.3 Å². The van der Waals surface area contributed by atoms with Crippen LogP contribution in [0, 0.1) is 0 Å². The van der Waals surface area contributed by atoms with E-state index in [1.807, 2.05) is 13.8 Å². The van der Waals surface area contributed by atoms with Gasteiger partial charge in [-0.2, -0.15) is 0 Å². The molecular weight excluding hydrogens is 314 g/mol. The summed E-state index contributed by atoms with van der Waals surface area (Å²) in [6, 6.07) is 1.46. The van der Waals surface area contributed by atoms with Crippen molar-refractivity contribution in [3.63, 3.8) is 0 Å². The van der Waals surface area contributed by atoms with Crippen molar-refractivity contribution in [2.45, 2.75) is 63.0 Å². The number of carbonyl (C=O) groups excluding carboxylic acids is 1. The van der Waals surface area contributed by atoms with E-state index >= 15 is 0 Å². The van der Waals surface area contributed by atoms with E-state index in [4.69, 9.17) is 15.4 Å². The first-order chi connectivity index (χ1) is 9.82. The quantitative estimate of drug-likeness (QED) is 0.590. The van der Waals surface area contributed by atoms with Crippen molar-refractivity contribution in [3.05, 3.63) is 18.0 Å². The van der Waals surface area contributed by atoms with E-state index in [1.165, 1.54) is 12.3 Å². The molecule has 5 nitrogen and oxygen atoms in total. The minimum Gasteiger partial charge on any atom is -0.458 e. The maximum Gasteiger partial charge on any atom is 0.355 e. The fourth-order valence-electron chi connectivity index (χ4n) is 2.43. The normalized spacial score (nSPS) is 17.3. The van der Waals surface area contributed by atoms with Crippen molar-refractivity contribution < 1.29 is 17.9 Å². The molecule has 1 unspecified atom stereocenters. The Morgan fingerprint density at radius 2 is 2.19 bits per heavy atom. The molecule has 0 bridgehead atoms. The number of aromatic nitrogens is 1. The van der Waals surface area contributed by atoms with Crippen LogP contribution in [-0.2, 0) is 13.8 Å². The van der Waals surface area contributed by atoms with Gasteiger partial charge in [-0.15, -0.1) is 0 Å². The molecule has 118 valence electrons. The number of halogens is 1. The lowest BCUT2D eigenvalue weighted by Gasteiger charge is -2.28. The summed E-state index contributed by atoms with van der Waals surface area (Å²) in [5, 5.41) is 0. The van der Waals surface area contributed by atoms with E-state index in [0.717, 1.165) is 32.1 Å². The first kappa shape index (κ1) is 16.4. The van der Waals surface area contributed by atoms with Crippen LogP contribution in [0.4, 0.5) is 0 Å². The standard InChI is InChI=1S/C14H20ClNO4S/c1-3-5-10(2)20-14(17)13-8-12(21(15,18)19)9-16(13)11-6-4-7-11/h8-11H,3-7H2,1-2H3. The smallest absolute Gasteiger partial charge is 0.355 e. The number of nitrogens with zero attached hydrogens (tertiary/aromatic N) is 1. The molecule has 1 aromatic rings. The lowest BCUT2D eigenvalue weighted by atomic mass is 9.93. The lowest BCUT2D eigenvalue weighted by Crippen LogP contribution is -2.23. The molecule has 1 heterocycles. The average molecular weight is 334 g/mol. The molecule has 1 aliphatic rings. The molecule has 0 radical (unpaired) electrons. The highest BCUT2D eigenvalue weighted by Crippen LogP contribution is 2.35. The van der Waals surface area contributed by atoms with Gasteiger partial charge in [-0.3, -0.25) is 0 Å². The predicted molar refractivity (Wildman–Crippen MR) is 80.1 cm³/mol. The molecule has 0 amide bonds. The van der Waals surface area contributed by atoms with Crippen LogP contribution >= 0.6 is 10.7 Å². The minimum atomic E-state index is -3.85. The topological polar surface area (TPSA) is 65.4 Å². The molecule has 21 heavy (non-hydrogen) atoms. The second-order valence-electron chi connectivity index (χ2n) is 5.50. The van der Waals surface area contributed by atoms with Crippen molar-refractivity contribution in [1.29, 1.82) is 0 Å². The summed E-state index contributed by atoms with van der Waals surface area (Å²) in [5.41, 5.74) is 0.266. The molecular formula is C14H20ClNO4S. The Morgan fingerprint density at radius 1 is 1.52 bits per heavy atom. The Morgan fingerprint density at radius 3 is 2.67 bits per heavy atom. The fourth-order valence-corrected chi connectivity index (χ4v) is 3.17. The highest BCUT2D eigenvalue weighted by Gasteiger charge is 2.28. The summed E-state index contributed by atoms with van der Waals surface area (Å²) >= 11 is 0. The largest absolute Gasteiger partial charge is 0.458 e. The lowest BCUT2D eigenvalue weighted by molar-refractivity contribution is 0.0305. The van der Waals surface area contributed by atoms with Crippen LogP contribution in [0.3, 0.4) is 0 Å². The molecule has 0 saturated heterocycles. The van der Waals surface area contributed by atoms with Gasteiger partial charge in [0.25, 0.3) is 9.05 Å². The second-order valence-corrected chi connectivity index (χ2v) is 8.06. The second kappa shape index (κ2) is 6.40. The third kappa shape index (κ3) is 3.80. The molecule has 7 heteroatoms. The molecule has 0 spiro atoms. The summed E-state index contributed by atoms with van der Waals surface area (Å²) in [4.78, 5) is 12.2. The maximum atomic E-state index is 12.3. The number of esters is 1. The van der Waals surface area contributed by atoms with Gasteiger partial charge in [0.1, 0.15) is 10.6 Å². The van der Waals surface area contributed by atoms with Crippen molar-refractivity contribution >= 4 is 25.7 Å². The van der Waals surface area contributed by atoms with E-state index in [0.29, 0.717) is 0 Å². The number of hydrogen-bond donors (Lipinski definition) is 0. The van der Waals surface area contributed by atoms with Crippen LogP contribution in [0.25, 0.3) is 0 Å². The molecule has 1 saturated carbocycles. The van der Waals surface area contributed by atoms with Crippen molar-refractivity contribution in [1.82, 2.24) is 4.57 Å². The highest BCUT2D eigenvalue weighted by atomic mass is 35.7. The summed E-state index contributed by atoms with van der Waals surface area (Å²) in [7, 11) is 1.53. The van der Waals surface area contributed by atoms with Crippen LogP contribution < -0.4 is 0 Å². The molecule has 0 aliphatic heterocycles. The number of rotatable bonds is 6. The van der Waals surface area contributed by atoms with E-state index in [9.17, 15) is 13.2 Å². The summed E-state index contributed by atoms with van der Waals surface area (Å²) < 4.78 is 30.0. The van der Waals surface area contributed by atoms with Crippen LogP contribution in [0.1, 0.15) is 62.5 Å². The first-order valence-electron chi connectivity index (χ1n) is 7.20. The van der Waals surface area contributed by atoms with Crippen LogP contribution in [0.2, 0.25) is 0 Å². The van der Waals surface area contributed by atoms with Gasteiger partial charge >= 0.3 is 5.97 Å².